The molecule has 0 bridgehead atoms. The lowest BCUT2D eigenvalue weighted by molar-refractivity contribution is -0.114. The highest BCUT2D eigenvalue weighted by Gasteiger charge is 2.21. The number of rotatable bonds is 5. The summed E-state index contributed by atoms with van der Waals surface area (Å²) in [7, 11) is 0. The van der Waals surface area contributed by atoms with Crippen LogP contribution in [0.2, 0.25) is 0 Å². The van der Waals surface area contributed by atoms with E-state index in [9.17, 15) is 14.9 Å². The van der Waals surface area contributed by atoms with Crippen LogP contribution in [0.5, 0.6) is 0 Å². The van der Waals surface area contributed by atoms with E-state index in [1.807, 2.05) is 18.2 Å². The number of carbonyl (C=O) groups excluding carboxylic acids is 2. The van der Waals surface area contributed by atoms with Crippen molar-refractivity contribution in [2.45, 2.75) is 37.5 Å². The van der Waals surface area contributed by atoms with Crippen LogP contribution >= 0.6 is 23.1 Å². The Morgan fingerprint density at radius 2 is 2.08 bits per heavy atom. The zero-order valence-electron chi connectivity index (χ0n) is 14.4. The lowest BCUT2D eigenvalue weighted by atomic mass is 9.96. The van der Waals surface area contributed by atoms with Crippen LogP contribution in [-0.4, -0.2) is 17.6 Å². The van der Waals surface area contributed by atoms with Crippen molar-refractivity contribution < 1.29 is 9.59 Å². The molecule has 0 radical (unpaired) electrons. The second kappa shape index (κ2) is 8.39. The normalized spacial score (nSPS) is 12.8. The van der Waals surface area contributed by atoms with Crippen LogP contribution in [-0.2, 0) is 22.4 Å². The number of amides is 2. The van der Waals surface area contributed by atoms with Gasteiger partial charge in [-0.05, 0) is 49.4 Å². The summed E-state index contributed by atoms with van der Waals surface area (Å²) in [5.74, 6) is -0.0117. The van der Waals surface area contributed by atoms with Gasteiger partial charge in [0.05, 0.1) is 11.3 Å². The molecule has 0 fully saturated rings. The Balaban J connectivity index is 1.62. The summed E-state index contributed by atoms with van der Waals surface area (Å²) >= 11 is 2.93. The maximum absolute atomic E-state index is 12.3. The average Bonchev–Trinajstić information content (AvgIpc) is 2.96. The molecular formula is C19H19N3O2S2. The summed E-state index contributed by atoms with van der Waals surface area (Å²) in [6.45, 7) is 1.46. The number of carbonyl (C=O) groups is 2. The summed E-state index contributed by atoms with van der Waals surface area (Å²) in [5.41, 5.74) is 2.46. The number of anilines is 2. The van der Waals surface area contributed by atoms with Crippen LogP contribution < -0.4 is 10.6 Å². The second-order valence-corrected chi connectivity index (χ2v) is 8.23. The third-order valence-electron chi connectivity index (χ3n) is 4.06. The minimum Gasteiger partial charge on any atom is -0.326 e. The van der Waals surface area contributed by atoms with Crippen molar-refractivity contribution in [1.29, 1.82) is 5.26 Å². The fraction of sp³-hybridized carbons (Fsp3) is 0.316. The van der Waals surface area contributed by atoms with E-state index in [4.69, 9.17) is 0 Å². The van der Waals surface area contributed by atoms with Crippen LogP contribution in [0.1, 0.15) is 35.8 Å². The molecule has 0 atom stereocenters. The number of hydrogen-bond acceptors (Lipinski definition) is 5. The SMILES string of the molecule is CC(=O)Nc1cccc(SCC(=O)Nc2sc3c(c2C#N)CCCC3)c1. The van der Waals surface area contributed by atoms with Gasteiger partial charge in [0.1, 0.15) is 11.1 Å². The minimum atomic E-state index is -0.130. The van der Waals surface area contributed by atoms with Gasteiger partial charge >= 0.3 is 0 Å². The number of aryl methyl sites for hydroxylation is 1. The molecule has 1 aliphatic carbocycles. The number of hydrogen-bond donors (Lipinski definition) is 2. The molecule has 3 rings (SSSR count). The van der Waals surface area contributed by atoms with E-state index in [0.717, 1.165) is 36.1 Å². The first kappa shape index (κ1) is 18.5. The topological polar surface area (TPSA) is 82.0 Å². The van der Waals surface area contributed by atoms with E-state index in [0.29, 0.717) is 16.3 Å². The molecule has 26 heavy (non-hydrogen) atoms. The number of nitrogens with one attached hydrogen (secondary N) is 2. The van der Waals surface area contributed by atoms with Gasteiger partial charge in [-0.2, -0.15) is 5.26 Å². The summed E-state index contributed by atoms with van der Waals surface area (Å²) < 4.78 is 0. The van der Waals surface area contributed by atoms with Gasteiger partial charge in [0.15, 0.2) is 0 Å². The molecule has 5 nitrogen and oxygen atoms in total. The highest BCUT2D eigenvalue weighted by Crippen LogP contribution is 2.37. The number of nitriles is 1. The fourth-order valence-corrected chi connectivity index (χ4v) is 4.96. The molecule has 1 heterocycles. The molecule has 1 aromatic heterocycles. The summed E-state index contributed by atoms with van der Waals surface area (Å²) in [5, 5.41) is 15.8. The monoisotopic (exact) mass is 385 g/mol. The molecule has 2 N–H and O–H groups in total. The van der Waals surface area contributed by atoms with Crippen molar-refractivity contribution in [2.75, 3.05) is 16.4 Å². The Hall–Kier alpha value is -2.30. The largest absolute Gasteiger partial charge is 0.326 e. The van der Waals surface area contributed by atoms with Crippen LogP contribution in [0.25, 0.3) is 0 Å². The molecule has 0 unspecified atom stereocenters. The predicted molar refractivity (Wildman–Crippen MR) is 106 cm³/mol. The molecule has 0 spiro atoms. The Morgan fingerprint density at radius 1 is 1.27 bits per heavy atom. The van der Waals surface area contributed by atoms with E-state index in [-0.39, 0.29) is 17.6 Å². The Morgan fingerprint density at radius 3 is 2.85 bits per heavy atom. The van der Waals surface area contributed by atoms with Gasteiger partial charge in [0.2, 0.25) is 11.8 Å². The quantitative estimate of drug-likeness (QED) is 0.756. The highest BCUT2D eigenvalue weighted by atomic mass is 32.2. The van der Waals surface area contributed by atoms with E-state index < -0.39 is 0 Å². The number of benzene rings is 1. The van der Waals surface area contributed by atoms with Gasteiger partial charge in [0, 0.05) is 22.4 Å². The average molecular weight is 386 g/mol. The van der Waals surface area contributed by atoms with Crippen LogP contribution in [0.4, 0.5) is 10.7 Å². The maximum atomic E-state index is 12.3. The van der Waals surface area contributed by atoms with E-state index >= 15 is 0 Å². The Labute approximate surface area is 160 Å². The number of fused-ring (bicyclic) bond motifs is 1. The lowest BCUT2D eigenvalue weighted by Gasteiger charge is -2.09. The zero-order valence-corrected chi connectivity index (χ0v) is 16.1. The molecule has 7 heteroatoms. The molecule has 2 amide bonds. The Kier molecular flexibility index (Phi) is 5.96. The highest BCUT2D eigenvalue weighted by molar-refractivity contribution is 8.00. The van der Waals surface area contributed by atoms with Gasteiger partial charge in [0.25, 0.3) is 0 Å². The molecule has 0 aliphatic heterocycles. The van der Waals surface area contributed by atoms with E-state index in [1.54, 1.807) is 6.07 Å². The number of thiophene rings is 1. The molecule has 2 aromatic rings. The van der Waals surface area contributed by atoms with Crippen LogP contribution in [0, 0.1) is 11.3 Å². The first-order valence-electron chi connectivity index (χ1n) is 8.41. The fourth-order valence-electron chi connectivity index (χ4n) is 2.95. The minimum absolute atomic E-state index is 0.129. The van der Waals surface area contributed by atoms with Gasteiger partial charge in [-0.1, -0.05) is 6.07 Å². The van der Waals surface area contributed by atoms with E-state index in [2.05, 4.69) is 16.7 Å². The summed E-state index contributed by atoms with van der Waals surface area (Å²) in [6, 6.07) is 9.64. The Bertz CT molecular complexity index is 883. The number of nitrogens with zero attached hydrogens (tertiary/aromatic N) is 1. The molecule has 134 valence electrons. The van der Waals surface area contributed by atoms with Crippen LogP contribution in [0.3, 0.4) is 0 Å². The van der Waals surface area contributed by atoms with Gasteiger partial charge in [-0.3, -0.25) is 9.59 Å². The van der Waals surface area contributed by atoms with Crippen molar-refractivity contribution in [2.24, 2.45) is 0 Å². The maximum Gasteiger partial charge on any atom is 0.235 e. The zero-order chi connectivity index (χ0) is 18.5. The standard InChI is InChI=1S/C19H19N3O2S2/c1-12(23)21-13-5-4-6-14(9-13)25-11-18(24)22-19-16(10-20)15-7-2-3-8-17(15)26-19/h4-6,9H,2-3,7-8,11H2,1H3,(H,21,23)(H,22,24). The van der Waals surface area contributed by atoms with Crippen LogP contribution in [0.15, 0.2) is 29.2 Å². The first-order valence-corrected chi connectivity index (χ1v) is 10.2. The molecule has 1 aliphatic rings. The van der Waals surface area contributed by atoms with Crippen molar-refractivity contribution in [3.05, 3.63) is 40.3 Å². The summed E-state index contributed by atoms with van der Waals surface area (Å²) in [6.07, 6.45) is 4.17. The van der Waals surface area contributed by atoms with Gasteiger partial charge in [-0.25, -0.2) is 0 Å². The summed E-state index contributed by atoms with van der Waals surface area (Å²) in [4.78, 5) is 25.6. The van der Waals surface area contributed by atoms with Gasteiger partial charge < -0.3 is 10.6 Å². The molecule has 0 saturated carbocycles. The number of thioether (sulfide) groups is 1. The lowest BCUT2D eigenvalue weighted by Crippen LogP contribution is -2.14. The second-order valence-electron chi connectivity index (χ2n) is 6.07. The van der Waals surface area contributed by atoms with E-state index in [1.165, 1.54) is 34.9 Å². The van der Waals surface area contributed by atoms with Crippen molar-refractivity contribution in [3.63, 3.8) is 0 Å². The predicted octanol–water partition coefficient (Wildman–Crippen LogP) is 4.19. The smallest absolute Gasteiger partial charge is 0.235 e. The van der Waals surface area contributed by atoms with Crippen molar-refractivity contribution >= 4 is 45.6 Å². The third kappa shape index (κ3) is 4.45. The van der Waals surface area contributed by atoms with Crippen molar-refractivity contribution in [1.82, 2.24) is 0 Å². The van der Waals surface area contributed by atoms with Crippen molar-refractivity contribution in [3.8, 4) is 6.07 Å². The molecule has 0 saturated heterocycles. The molecular weight excluding hydrogens is 366 g/mol. The third-order valence-corrected chi connectivity index (χ3v) is 6.26. The first-order chi connectivity index (χ1) is 12.6. The van der Waals surface area contributed by atoms with Gasteiger partial charge in [-0.15, -0.1) is 23.1 Å². The molecule has 1 aromatic carbocycles.